The van der Waals surface area contributed by atoms with Crippen LogP contribution in [0.25, 0.3) is 5.65 Å². The monoisotopic (exact) mass is 263 g/mol. The van der Waals surface area contributed by atoms with Gasteiger partial charge in [0.05, 0.1) is 19.3 Å². The first kappa shape index (κ1) is 12.3. The van der Waals surface area contributed by atoms with Crippen molar-refractivity contribution in [2.24, 2.45) is 0 Å². The standard InChI is InChI=1S/C12H17N5O2/c18-7-8-19-10-1-4-16(5-2-10)11-12-15-14-9-17(12)6-3-13-11/h3,6,9-10,18H,1-2,4-5,7-8H2. The van der Waals surface area contributed by atoms with Crippen molar-refractivity contribution in [3.8, 4) is 0 Å². The number of piperidine rings is 1. The van der Waals surface area contributed by atoms with E-state index in [-0.39, 0.29) is 12.7 Å². The average Bonchev–Trinajstić information content (AvgIpc) is 2.94. The average molecular weight is 263 g/mol. The summed E-state index contributed by atoms with van der Waals surface area (Å²) < 4.78 is 7.43. The molecular weight excluding hydrogens is 246 g/mol. The van der Waals surface area contributed by atoms with Gasteiger partial charge in [0.15, 0.2) is 5.82 Å². The normalized spacial score (nSPS) is 17.2. The first-order chi connectivity index (χ1) is 9.38. The van der Waals surface area contributed by atoms with E-state index in [0.717, 1.165) is 37.4 Å². The highest BCUT2D eigenvalue weighted by Crippen LogP contribution is 2.22. The maximum atomic E-state index is 8.76. The van der Waals surface area contributed by atoms with Crippen LogP contribution in [0.1, 0.15) is 12.8 Å². The van der Waals surface area contributed by atoms with Gasteiger partial charge in [0.2, 0.25) is 5.65 Å². The van der Waals surface area contributed by atoms with Gasteiger partial charge in [-0.15, -0.1) is 10.2 Å². The molecule has 0 amide bonds. The Morgan fingerprint density at radius 1 is 1.37 bits per heavy atom. The van der Waals surface area contributed by atoms with Gasteiger partial charge < -0.3 is 14.7 Å². The third kappa shape index (κ3) is 2.52. The fraction of sp³-hybridized carbons (Fsp3) is 0.583. The second kappa shape index (κ2) is 5.50. The molecule has 0 aromatic carbocycles. The lowest BCUT2D eigenvalue weighted by molar-refractivity contribution is 0.0158. The van der Waals surface area contributed by atoms with E-state index in [0.29, 0.717) is 6.61 Å². The van der Waals surface area contributed by atoms with Crippen LogP contribution in [-0.2, 0) is 4.74 Å². The minimum absolute atomic E-state index is 0.0841. The van der Waals surface area contributed by atoms with Gasteiger partial charge in [-0.1, -0.05) is 0 Å². The van der Waals surface area contributed by atoms with Crippen molar-refractivity contribution in [2.75, 3.05) is 31.2 Å². The lowest BCUT2D eigenvalue weighted by Gasteiger charge is -2.32. The Bertz CT molecular complexity index is 536. The molecule has 0 aliphatic carbocycles. The lowest BCUT2D eigenvalue weighted by Crippen LogP contribution is -2.38. The van der Waals surface area contributed by atoms with Crippen LogP contribution in [0.15, 0.2) is 18.7 Å². The number of rotatable bonds is 4. The Morgan fingerprint density at radius 3 is 3.00 bits per heavy atom. The van der Waals surface area contributed by atoms with Crippen molar-refractivity contribution in [3.63, 3.8) is 0 Å². The molecule has 0 bridgehead atoms. The maximum absolute atomic E-state index is 8.76. The zero-order valence-electron chi connectivity index (χ0n) is 10.6. The predicted octanol–water partition coefficient (Wildman–Crippen LogP) is 0.102. The van der Waals surface area contributed by atoms with Crippen LogP contribution in [0, 0.1) is 0 Å². The van der Waals surface area contributed by atoms with Gasteiger partial charge in [-0.25, -0.2) is 4.98 Å². The van der Waals surface area contributed by atoms with E-state index in [1.54, 1.807) is 12.5 Å². The largest absolute Gasteiger partial charge is 0.394 e. The number of ether oxygens (including phenoxy) is 1. The number of nitrogens with zero attached hydrogens (tertiary/aromatic N) is 5. The van der Waals surface area contributed by atoms with Crippen molar-refractivity contribution in [1.82, 2.24) is 19.6 Å². The van der Waals surface area contributed by atoms with Crippen LogP contribution >= 0.6 is 0 Å². The molecule has 19 heavy (non-hydrogen) atoms. The molecule has 3 heterocycles. The minimum Gasteiger partial charge on any atom is -0.394 e. The molecule has 1 fully saturated rings. The van der Waals surface area contributed by atoms with Crippen LogP contribution in [0.4, 0.5) is 5.82 Å². The van der Waals surface area contributed by atoms with E-state index in [4.69, 9.17) is 9.84 Å². The first-order valence-corrected chi connectivity index (χ1v) is 6.50. The molecule has 1 aliphatic rings. The molecule has 1 saturated heterocycles. The SMILES string of the molecule is OCCOC1CCN(c2nccn3cnnc23)CC1. The van der Waals surface area contributed by atoms with E-state index >= 15 is 0 Å². The topological polar surface area (TPSA) is 75.8 Å². The molecule has 3 rings (SSSR count). The molecule has 7 nitrogen and oxygen atoms in total. The van der Waals surface area contributed by atoms with E-state index in [1.165, 1.54) is 0 Å². The molecule has 102 valence electrons. The molecule has 0 spiro atoms. The highest BCUT2D eigenvalue weighted by molar-refractivity contribution is 5.63. The predicted molar refractivity (Wildman–Crippen MR) is 69.1 cm³/mol. The fourth-order valence-electron chi connectivity index (χ4n) is 2.42. The summed E-state index contributed by atoms with van der Waals surface area (Å²) in [5.74, 6) is 0.876. The van der Waals surface area contributed by atoms with Gasteiger partial charge >= 0.3 is 0 Å². The molecule has 1 N–H and O–H groups in total. The summed E-state index contributed by atoms with van der Waals surface area (Å²) in [6, 6.07) is 0. The highest BCUT2D eigenvalue weighted by Gasteiger charge is 2.22. The molecule has 0 atom stereocenters. The maximum Gasteiger partial charge on any atom is 0.203 e. The molecule has 0 radical (unpaired) electrons. The summed E-state index contributed by atoms with van der Waals surface area (Å²) in [7, 11) is 0. The van der Waals surface area contributed by atoms with E-state index in [1.807, 2.05) is 10.6 Å². The first-order valence-electron chi connectivity index (χ1n) is 6.50. The second-order valence-electron chi connectivity index (χ2n) is 4.59. The van der Waals surface area contributed by atoms with Crippen molar-refractivity contribution >= 4 is 11.5 Å². The second-order valence-corrected chi connectivity index (χ2v) is 4.59. The van der Waals surface area contributed by atoms with Crippen molar-refractivity contribution in [1.29, 1.82) is 0 Å². The number of hydrogen-bond donors (Lipinski definition) is 1. The smallest absolute Gasteiger partial charge is 0.203 e. The molecule has 0 saturated carbocycles. The third-order valence-corrected chi connectivity index (χ3v) is 3.38. The number of anilines is 1. The van der Waals surface area contributed by atoms with Crippen molar-refractivity contribution in [3.05, 3.63) is 18.7 Å². The van der Waals surface area contributed by atoms with E-state index in [9.17, 15) is 0 Å². The Hall–Kier alpha value is -1.73. The fourth-order valence-corrected chi connectivity index (χ4v) is 2.42. The van der Waals surface area contributed by atoms with Crippen LogP contribution in [0.3, 0.4) is 0 Å². The highest BCUT2D eigenvalue weighted by atomic mass is 16.5. The van der Waals surface area contributed by atoms with Crippen LogP contribution in [0.5, 0.6) is 0 Å². The number of aliphatic hydroxyl groups is 1. The molecule has 0 unspecified atom stereocenters. The summed E-state index contributed by atoms with van der Waals surface area (Å²) in [6.07, 6.45) is 7.41. The van der Waals surface area contributed by atoms with Gasteiger partial charge in [-0.2, -0.15) is 0 Å². The van der Waals surface area contributed by atoms with Gasteiger partial charge in [-0.3, -0.25) is 4.40 Å². The lowest BCUT2D eigenvalue weighted by atomic mass is 10.1. The summed E-state index contributed by atoms with van der Waals surface area (Å²) in [4.78, 5) is 6.62. The number of aliphatic hydroxyl groups excluding tert-OH is 1. The number of aromatic nitrogens is 4. The summed E-state index contributed by atoms with van der Waals surface area (Å²) in [5.41, 5.74) is 0.789. The summed E-state index contributed by atoms with van der Waals surface area (Å²) >= 11 is 0. The summed E-state index contributed by atoms with van der Waals surface area (Å²) in [6.45, 7) is 2.27. The third-order valence-electron chi connectivity index (χ3n) is 3.38. The summed E-state index contributed by atoms with van der Waals surface area (Å²) in [5, 5.41) is 16.8. The Labute approximate surface area is 110 Å². The Kier molecular flexibility index (Phi) is 3.56. The van der Waals surface area contributed by atoms with Gasteiger partial charge in [0.1, 0.15) is 6.33 Å². The number of hydrogen-bond acceptors (Lipinski definition) is 6. The number of fused-ring (bicyclic) bond motifs is 1. The molecule has 2 aromatic heterocycles. The van der Waals surface area contributed by atoms with Crippen molar-refractivity contribution < 1.29 is 9.84 Å². The Morgan fingerprint density at radius 2 is 2.21 bits per heavy atom. The van der Waals surface area contributed by atoms with Gasteiger partial charge in [0.25, 0.3) is 0 Å². The van der Waals surface area contributed by atoms with Gasteiger partial charge in [-0.05, 0) is 12.8 Å². The molecule has 2 aromatic rings. The van der Waals surface area contributed by atoms with Gasteiger partial charge in [0, 0.05) is 25.5 Å². The van der Waals surface area contributed by atoms with Crippen LogP contribution in [0.2, 0.25) is 0 Å². The molecular formula is C12H17N5O2. The quantitative estimate of drug-likeness (QED) is 0.843. The zero-order valence-corrected chi connectivity index (χ0v) is 10.6. The van der Waals surface area contributed by atoms with Crippen LogP contribution in [-0.4, -0.2) is 57.1 Å². The van der Waals surface area contributed by atoms with E-state index < -0.39 is 0 Å². The van der Waals surface area contributed by atoms with Crippen molar-refractivity contribution in [2.45, 2.75) is 18.9 Å². The Balaban J connectivity index is 1.69. The molecule has 7 heteroatoms. The van der Waals surface area contributed by atoms with E-state index in [2.05, 4.69) is 20.1 Å². The minimum atomic E-state index is 0.0841. The van der Waals surface area contributed by atoms with Crippen LogP contribution < -0.4 is 4.90 Å². The zero-order chi connectivity index (χ0) is 13.1. The molecule has 1 aliphatic heterocycles.